The Morgan fingerprint density at radius 2 is 1.79 bits per heavy atom. The Morgan fingerprint density at radius 1 is 1.03 bits per heavy atom. The third kappa shape index (κ3) is 4.46. The maximum Gasteiger partial charge on any atom is 0.262 e. The maximum atomic E-state index is 12.1. The van der Waals surface area contributed by atoms with Gasteiger partial charge < -0.3 is 14.5 Å². The predicted octanol–water partition coefficient (Wildman–Crippen LogP) is 5.38. The summed E-state index contributed by atoms with van der Waals surface area (Å²) in [6.07, 6.45) is 0.972. The number of nitrogens with zero attached hydrogens (tertiary/aromatic N) is 1. The van der Waals surface area contributed by atoms with Crippen molar-refractivity contribution in [1.29, 1.82) is 0 Å². The summed E-state index contributed by atoms with van der Waals surface area (Å²) in [4.78, 5) is 16.7. The SMILES string of the molecule is CCc1ccc(OCC(=O)Nc2ccc(-c3nc4ccc(C)cc4o3)cc2)cc1. The summed E-state index contributed by atoms with van der Waals surface area (Å²) in [6.45, 7) is 4.07. The van der Waals surface area contributed by atoms with E-state index in [0.717, 1.165) is 28.6 Å². The van der Waals surface area contributed by atoms with E-state index in [1.54, 1.807) is 0 Å². The highest BCUT2D eigenvalue weighted by Gasteiger charge is 2.09. The zero-order chi connectivity index (χ0) is 20.2. The van der Waals surface area contributed by atoms with Crippen LogP contribution < -0.4 is 10.1 Å². The second-order valence-electron chi connectivity index (χ2n) is 6.90. The van der Waals surface area contributed by atoms with Gasteiger partial charge in [-0.25, -0.2) is 4.98 Å². The van der Waals surface area contributed by atoms with Gasteiger partial charge in [0.1, 0.15) is 11.3 Å². The molecule has 0 aliphatic carbocycles. The van der Waals surface area contributed by atoms with E-state index in [2.05, 4.69) is 17.2 Å². The Bertz CT molecular complexity index is 1130. The highest BCUT2D eigenvalue weighted by molar-refractivity contribution is 5.92. The van der Waals surface area contributed by atoms with E-state index in [0.29, 0.717) is 17.3 Å². The zero-order valence-corrected chi connectivity index (χ0v) is 16.4. The molecule has 4 aromatic rings. The second kappa shape index (κ2) is 8.19. The molecule has 0 saturated carbocycles. The molecule has 5 heteroatoms. The fraction of sp³-hybridized carbons (Fsp3) is 0.167. The van der Waals surface area contributed by atoms with E-state index in [-0.39, 0.29) is 12.5 Å². The molecule has 1 heterocycles. The fourth-order valence-electron chi connectivity index (χ4n) is 3.02. The van der Waals surface area contributed by atoms with Gasteiger partial charge in [0.05, 0.1) is 0 Å². The lowest BCUT2D eigenvalue weighted by Crippen LogP contribution is -2.20. The molecule has 1 amide bonds. The molecule has 0 bridgehead atoms. The van der Waals surface area contributed by atoms with Crippen LogP contribution in [0.5, 0.6) is 5.75 Å². The van der Waals surface area contributed by atoms with Crippen molar-refractivity contribution < 1.29 is 13.9 Å². The average molecular weight is 386 g/mol. The summed E-state index contributed by atoms with van der Waals surface area (Å²) in [6, 6.07) is 21.1. The standard InChI is InChI=1S/C24H22N2O3/c1-3-17-5-11-20(12-6-17)28-15-23(27)25-19-9-7-18(8-10-19)24-26-21-13-4-16(2)14-22(21)29-24/h4-14H,3,15H2,1-2H3,(H,25,27). The molecule has 146 valence electrons. The van der Waals surface area contributed by atoms with Crippen molar-refractivity contribution in [2.45, 2.75) is 20.3 Å². The van der Waals surface area contributed by atoms with E-state index < -0.39 is 0 Å². The molecule has 1 aromatic heterocycles. The highest BCUT2D eigenvalue weighted by atomic mass is 16.5. The minimum atomic E-state index is -0.213. The lowest BCUT2D eigenvalue weighted by Gasteiger charge is -2.08. The molecule has 0 radical (unpaired) electrons. The number of amides is 1. The molecule has 0 aliphatic heterocycles. The lowest BCUT2D eigenvalue weighted by molar-refractivity contribution is -0.118. The molecule has 5 nitrogen and oxygen atoms in total. The number of anilines is 1. The summed E-state index contributed by atoms with van der Waals surface area (Å²) in [5.74, 6) is 1.02. The van der Waals surface area contributed by atoms with Crippen LogP contribution in [-0.2, 0) is 11.2 Å². The first-order valence-corrected chi connectivity index (χ1v) is 9.60. The van der Waals surface area contributed by atoms with Crippen LogP contribution in [0.2, 0.25) is 0 Å². The van der Waals surface area contributed by atoms with Crippen molar-refractivity contribution in [3.8, 4) is 17.2 Å². The van der Waals surface area contributed by atoms with E-state index >= 15 is 0 Å². The van der Waals surface area contributed by atoms with E-state index in [1.807, 2.05) is 73.7 Å². The molecule has 1 N–H and O–H groups in total. The monoisotopic (exact) mass is 386 g/mol. The average Bonchev–Trinajstić information content (AvgIpc) is 3.16. The minimum Gasteiger partial charge on any atom is -0.484 e. The highest BCUT2D eigenvalue weighted by Crippen LogP contribution is 2.26. The number of aromatic nitrogens is 1. The van der Waals surface area contributed by atoms with Gasteiger partial charge in [0.15, 0.2) is 12.2 Å². The van der Waals surface area contributed by atoms with Crippen LogP contribution in [0.1, 0.15) is 18.1 Å². The van der Waals surface area contributed by atoms with Crippen molar-refractivity contribution in [2.75, 3.05) is 11.9 Å². The molecular weight excluding hydrogens is 364 g/mol. The van der Waals surface area contributed by atoms with Gasteiger partial charge in [-0.15, -0.1) is 0 Å². The van der Waals surface area contributed by atoms with Crippen LogP contribution in [-0.4, -0.2) is 17.5 Å². The van der Waals surface area contributed by atoms with Gasteiger partial charge in [-0.2, -0.15) is 0 Å². The Labute approximate surface area is 169 Å². The van der Waals surface area contributed by atoms with Crippen LogP contribution in [0.3, 0.4) is 0 Å². The topological polar surface area (TPSA) is 64.4 Å². The third-order valence-corrected chi connectivity index (χ3v) is 4.66. The van der Waals surface area contributed by atoms with Gasteiger partial charge in [0.2, 0.25) is 5.89 Å². The van der Waals surface area contributed by atoms with Crippen LogP contribution in [0.15, 0.2) is 71.1 Å². The van der Waals surface area contributed by atoms with Gasteiger partial charge in [-0.3, -0.25) is 4.79 Å². The molecule has 29 heavy (non-hydrogen) atoms. The summed E-state index contributed by atoms with van der Waals surface area (Å²) in [7, 11) is 0. The number of ether oxygens (including phenoxy) is 1. The van der Waals surface area contributed by atoms with Gasteiger partial charge in [0.25, 0.3) is 5.91 Å². The Hall–Kier alpha value is -3.60. The number of aryl methyl sites for hydroxylation is 2. The molecule has 0 aliphatic rings. The Balaban J connectivity index is 1.37. The van der Waals surface area contributed by atoms with Crippen molar-refractivity contribution >= 4 is 22.7 Å². The first-order chi connectivity index (χ1) is 14.1. The second-order valence-corrected chi connectivity index (χ2v) is 6.90. The largest absolute Gasteiger partial charge is 0.484 e. The van der Waals surface area contributed by atoms with Crippen molar-refractivity contribution in [3.63, 3.8) is 0 Å². The minimum absolute atomic E-state index is 0.0439. The number of carbonyl (C=O) groups is 1. The van der Waals surface area contributed by atoms with E-state index in [4.69, 9.17) is 9.15 Å². The fourth-order valence-corrected chi connectivity index (χ4v) is 3.02. The normalized spacial score (nSPS) is 10.8. The number of hydrogen-bond acceptors (Lipinski definition) is 4. The summed E-state index contributed by atoms with van der Waals surface area (Å²) in [5, 5.41) is 2.83. The van der Waals surface area contributed by atoms with Gasteiger partial charge in [-0.1, -0.05) is 25.1 Å². The van der Waals surface area contributed by atoms with Crippen LogP contribution in [0.25, 0.3) is 22.6 Å². The third-order valence-electron chi connectivity index (χ3n) is 4.66. The van der Waals surface area contributed by atoms with Gasteiger partial charge in [0, 0.05) is 11.3 Å². The summed E-state index contributed by atoms with van der Waals surface area (Å²) < 4.78 is 11.4. The molecular formula is C24H22N2O3. The van der Waals surface area contributed by atoms with Crippen LogP contribution >= 0.6 is 0 Å². The molecule has 0 unspecified atom stereocenters. The number of rotatable bonds is 6. The molecule has 0 spiro atoms. The molecule has 0 atom stereocenters. The smallest absolute Gasteiger partial charge is 0.262 e. The first-order valence-electron chi connectivity index (χ1n) is 9.60. The quantitative estimate of drug-likeness (QED) is 0.483. The molecule has 0 fully saturated rings. The zero-order valence-electron chi connectivity index (χ0n) is 16.4. The van der Waals surface area contributed by atoms with Crippen LogP contribution in [0, 0.1) is 6.92 Å². The molecule has 3 aromatic carbocycles. The van der Waals surface area contributed by atoms with E-state index in [9.17, 15) is 4.79 Å². The first kappa shape index (κ1) is 18.7. The molecule has 4 rings (SSSR count). The Morgan fingerprint density at radius 3 is 2.52 bits per heavy atom. The number of nitrogens with one attached hydrogen (secondary N) is 1. The lowest BCUT2D eigenvalue weighted by atomic mass is 10.2. The van der Waals surface area contributed by atoms with Crippen molar-refractivity contribution in [1.82, 2.24) is 4.98 Å². The Kier molecular flexibility index (Phi) is 5.29. The summed E-state index contributed by atoms with van der Waals surface area (Å²) in [5.41, 5.74) is 5.49. The molecule has 0 saturated heterocycles. The summed E-state index contributed by atoms with van der Waals surface area (Å²) >= 11 is 0. The number of oxazole rings is 1. The predicted molar refractivity (Wildman–Crippen MR) is 114 cm³/mol. The van der Waals surface area contributed by atoms with Crippen molar-refractivity contribution in [2.24, 2.45) is 0 Å². The number of hydrogen-bond donors (Lipinski definition) is 1. The van der Waals surface area contributed by atoms with Gasteiger partial charge in [-0.05, 0) is 73.0 Å². The number of carbonyl (C=O) groups excluding carboxylic acids is 1. The van der Waals surface area contributed by atoms with Gasteiger partial charge >= 0.3 is 0 Å². The number of benzene rings is 3. The van der Waals surface area contributed by atoms with Crippen LogP contribution in [0.4, 0.5) is 5.69 Å². The van der Waals surface area contributed by atoms with E-state index in [1.165, 1.54) is 5.56 Å². The maximum absolute atomic E-state index is 12.1. The number of fused-ring (bicyclic) bond motifs is 1. The van der Waals surface area contributed by atoms with Crippen molar-refractivity contribution in [3.05, 3.63) is 77.9 Å².